The molecule has 1 aromatic heterocycles. The van der Waals surface area contributed by atoms with E-state index in [1.807, 2.05) is 0 Å². The van der Waals surface area contributed by atoms with Gasteiger partial charge in [0.1, 0.15) is 23.5 Å². The quantitative estimate of drug-likeness (QED) is 0.657. The van der Waals surface area contributed by atoms with Crippen LogP contribution in [-0.4, -0.2) is 23.4 Å². The SMILES string of the molecule is C=C(C)[C@@H](O)[C@H](O)c1c(OC)ccc2ccc(=O)oc12. The standard InChI is InChI=1S/C15H16O5/c1-8(2)13(17)14(18)12-10(19-3)6-4-9-5-7-11(16)20-15(9)12/h4-7,13-14,17-18H,1H2,2-3H3/t13-,14-/m1/s1. The maximum absolute atomic E-state index is 11.4. The molecule has 5 nitrogen and oxygen atoms in total. The Morgan fingerprint density at radius 2 is 1.95 bits per heavy atom. The molecule has 0 spiro atoms. The Balaban J connectivity index is 2.73. The highest BCUT2D eigenvalue weighted by Gasteiger charge is 2.26. The molecule has 0 saturated heterocycles. The van der Waals surface area contributed by atoms with Gasteiger partial charge in [0.25, 0.3) is 0 Å². The van der Waals surface area contributed by atoms with Gasteiger partial charge in [-0.25, -0.2) is 4.79 Å². The first-order valence-electron chi connectivity index (χ1n) is 6.08. The van der Waals surface area contributed by atoms with Gasteiger partial charge in [0.2, 0.25) is 0 Å². The highest BCUT2D eigenvalue weighted by Crippen LogP contribution is 2.35. The molecule has 0 aliphatic heterocycles. The van der Waals surface area contributed by atoms with Crippen LogP contribution in [0.25, 0.3) is 11.0 Å². The molecular weight excluding hydrogens is 260 g/mol. The van der Waals surface area contributed by atoms with E-state index in [9.17, 15) is 15.0 Å². The number of methoxy groups -OCH3 is 1. The lowest BCUT2D eigenvalue weighted by molar-refractivity contribution is 0.0402. The summed E-state index contributed by atoms with van der Waals surface area (Å²) in [7, 11) is 1.44. The molecule has 0 radical (unpaired) electrons. The summed E-state index contributed by atoms with van der Waals surface area (Å²) in [6.45, 7) is 5.21. The van der Waals surface area contributed by atoms with Gasteiger partial charge in [-0.3, -0.25) is 0 Å². The molecule has 0 amide bonds. The van der Waals surface area contributed by atoms with Gasteiger partial charge >= 0.3 is 5.63 Å². The first-order valence-corrected chi connectivity index (χ1v) is 6.08. The molecule has 5 heteroatoms. The van der Waals surface area contributed by atoms with Gasteiger partial charge in [-0.15, -0.1) is 0 Å². The lowest BCUT2D eigenvalue weighted by Gasteiger charge is -2.21. The van der Waals surface area contributed by atoms with Crippen LogP contribution in [-0.2, 0) is 0 Å². The van der Waals surface area contributed by atoms with Crippen LogP contribution in [0.3, 0.4) is 0 Å². The average molecular weight is 276 g/mol. The Morgan fingerprint density at radius 3 is 2.55 bits per heavy atom. The summed E-state index contributed by atoms with van der Waals surface area (Å²) in [5, 5.41) is 20.9. The highest BCUT2D eigenvalue weighted by molar-refractivity contribution is 5.82. The minimum atomic E-state index is -1.29. The van der Waals surface area contributed by atoms with Crippen molar-refractivity contribution in [2.75, 3.05) is 7.11 Å². The second-order valence-electron chi connectivity index (χ2n) is 4.59. The van der Waals surface area contributed by atoms with Gasteiger partial charge < -0.3 is 19.4 Å². The molecule has 0 bridgehead atoms. The van der Waals surface area contributed by atoms with E-state index in [-0.39, 0.29) is 11.1 Å². The molecule has 2 aromatic rings. The van der Waals surface area contributed by atoms with E-state index in [1.54, 1.807) is 25.1 Å². The molecule has 2 N–H and O–H groups in total. The normalized spacial score (nSPS) is 14.0. The maximum atomic E-state index is 11.4. The van der Waals surface area contributed by atoms with Crippen LogP contribution in [0.5, 0.6) is 5.75 Å². The third-order valence-electron chi connectivity index (χ3n) is 3.11. The predicted octanol–water partition coefficient (Wildman–Crippen LogP) is 1.77. The van der Waals surface area contributed by atoms with Gasteiger partial charge in [-0.2, -0.15) is 0 Å². The van der Waals surface area contributed by atoms with Gasteiger partial charge in [-0.1, -0.05) is 6.58 Å². The van der Waals surface area contributed by atoms with Crippen molar-refractivity contribution in [2.45, 2.75) is 19.1 Å². The summed E-state index contributed by atoms with van der Waals surface area (Å²) < 4.78 is 10.3. The lowest BCUT2D eigenvalue weighted by atomic mass is 9.97. The zero-order valence-electron chi connectivity index (χ0n) is 11.3. The number of aliphatic hydroxyl groups is 2. The van der Waals surface area contributed by atoms with Crippen LogP contribution in [0.1, 0.15) is 18.6 Å². The van der Waals surface area contributed by atoms with Crippen molar-refractivity contribution in [2.24, 2.45) is 0 Å². The minimum absolute atomic E-state index is 0.199. The molecule has 0 unspecified atom stereocenters. The Labute approximate surface area is 115 Å². The fourth-order valence-corrected chi connectivity index (χ4v) is 2.02. The smallest absolute Gasteiger partial charge is 0.336 e. The first kappa shape index (κ1) is 14.3. The number of rotatable bonds is 4. The molecular formula is C15H16O5. The second-order valence-corrected chi connectivity index (χ2v) is 4.59. The summed E-state index contributed by atoms with van der Waals surface area (Å²) in [5.41, 5.74) is 0.293. The van der Waals surface area contributed by atoms with E-state index >= 15 is 0 Å². The van der Waals surface area contributed by atoms with Crippen LogP contribution in [0, 0.1) is 0 Å². The Hall–Kier alpha value is -2.11. The fourth-order valence-electron chi connectivity index (χ4n) is 2.02. The third-order valence-corrected chi connectivity index (χ3v) is 3.11. The van der Waals surface area contributed by atoms with E-state index < -0.39 is 17.8 Å². The molecule has 0 aliphatic rings. The summed E-state index contributed by atoms with van der Waals surface area (Å²) in [6.07, 6.45) is -2.48. The highest BCUT2D eigenvalue weighted by atomic mass is 16.5. The number of fused-ring (bicyclic) bond motifs is 1. The molecule has 0 saturated carbocycles. The van der Waals surface area contributed by atoms with Crippen molar-refractivity contribution >= 4 is 11.0 Å². The van der Waals surface area contributed by atoms with Gasteiger partial charge in [0.05, 0.1) is 12.7 Å². The largest absolute Gasteiger partial charge is 0.496 e. The second kappa shape index (κ2) is 5.48. The Kier molecular flexibility index (Phi) is 3.92. The van der Waals surface area contributed by atoms with Crippen LogP contribution in [0.4, 0.5) is 0 Å². The zero-order chi connectivity index (χ0) is 14.9. The molecule has 2 rings (SSSR count). The minimum Gasteiger partial charge on any atom is -0.496 e. The van der Waals surface area contributed by atoms with E-state index in [4.69, 9.17) is 9.15 Å². The topological polar surface area (TPSA) is 79.9 Å². The number of benzene rings is 1. The van der Waals surface area contributed by atoms with E-state index in [1.165, 1.54) is 13.2 Å². The summed E-state index contributed by atoms with van der Waals surface area (Å²) >= 11 is 0. The van der Waals surface area contributed by atoms with Crippen LogP contribution in [0.2, 0.25) is 0 Å². The molecule has 1 aromatic carbocycles. The van der Waals surface area contributed by atoms with Gasteiger partial charge in [-0.05, 0) is 30.7 Å². The molecule has 0 aliphatic carbocycles. The molecule has 2 atom stereocenters. The van der Waals surface area contributed by atoms with Crippen LogP contribution in [0.15, 0.2) is 45.6 Å². The predicted molar refractivity (Wildman–Crippen MR) is 74.8 cm³/mol. The number of hydrogen-bond acceptors (Lipinski definition) is 5. The van der Waals surface area contributed by atoms with E-state index in [0.29, 0.717) is 16.7 Å². The number of hydrogen-bond donors (Lipinski definition) is 2. The van der Waals surface area contributed by atoms with Gasteiger partial charge in [0, 0.05) is 11.5 Å². The van der Waals surface area contributed by atoms with Crippen LogP contribution < -0.4 is 10.4 Å². The molecule has 106 valence electrons. The zero-order valence-corrected chi connectivity index (χ0v) is 11.3. The Bertz CT molecular complexity index is 701. The Morgan fingerprint density at radius 1 is 1.30 bits per heavy atom. The summed E-state index contributed by atoms with van der Waals surface area (Å²) in [6, 6.07) is 6.23. The summed E-state index contributed by atoms with van der Waals surface area (Å²) in [4.78, 5) is 11.4. The first-order chi connectivity index (χ1) is 9.45. The lowest BCUT2D eigenvalue weighted by Crippen LogP contribution is -2.20. The van der Waals surface area contributed by atoms with Crippen molar-refractivity contribution in [3.8, 4) is 5.75 Å². The average Bonchev–Trinajstić information content (AvgIpc) is 2.44. The molecule has 1 heterocycles. The van der Waals surface area contributed by atoms with Crippen LogP contribution >= 0.6 is 0 Å². The maximum Gasteiger partial charge on any atom is 0.336 e. The van der Waals surface area contributed by atoms with Gasteiger partial charge in [0.15, 0.2) is 0 Å². The number of aliphatic hydroxyl groups excluding tert-OH is 2. The van der Waals surface area contributed by atoms with Crippen molar-refractivity contribution in [3.63, 3.8) is 0 Å². The molecule has 0 fully saturated rings. The number of ether oxygens (including phenoxy) is 1. The van der Waals surface area contributed by atoms with Crippen molar-refractivity contribution in [1.82, 2.24) is 0 Å². The van der Waals surface area contributed by atoms with E-state index in [0.717, 1.165) is 0 Å². The van der Waals surface area contributed by atoms with Crippen molar-refractivity contribution in [1.29, 1.82) is 0 Å². The summed E-state index contributed by atoms with van der Waals surface area (Å²) in [5.74, 6) is 0.333. The van der Waals surface area contributed by atoms with E-state index in [2.05, 4.69) is 6.58 Å². The monoisotopic (exact) mass is 276 g/mol. The fraction of sp³-hybridized carbons (Fsp3) is 0.267. The third kappa shape index (κ3) is 2.45. The van der Waals surface area contributed by atoms with Crippen molar-refractivity contribution < 1.29 is 19.4 Å². The van der Waals surface area contributed by atoms with Crippen molar-refractivity contribution in [3.05, 3.63) is 52.4 Å². The molecule has 20 heavy (non-hydrogen) atoms.